The van der Waals surface area contributed by atoms with E-state index in [9.17, 15) is 0 Å². The number of aromatic nitrogens is 4. The molecule has 136 valence electrons. The zero-order valence-corrected chi connectivity index (χ0v) is 14.9. The summed E-state index contributed by atoms with van der Waals surface area (Å²) in [5.41, 5.74) is 2.12. The van der Waals surface area contributed by atoms with Crippen LogP contribution in [0.5, 0.6) is 0 Å². The molecule has 1 aromatic carbocycles. The van der Waals surface area contributed by atoms with E-state index in [0.717, 1.165) is 49.3 Å². The highest BCUT2D eigenvalue weighted by molar-refractivity contribution is 5.85. The molecule has 2 N–H and O–H groups in total. The number of aromatic amines is 1. The number of rotatable bonds is 7. The van der Waals surface area contributed by atoms with Crippen LogP contribution in [0.25, 0.3) is 11.0 Å². The maximum Gasteiger partial charge on any atom is 0.160 e. The number of hydrogen-bond acceptors (Lipinski definition) is 5. The lowest BCUT2D eigenvalue weighted by Crippen LogP contribution is -2.28. The van der Waals surface area contributed by atoms with Crippen molar-refractivity contribution in [2.45, 2.75) is 38.1 Å². The highest BCUT2D eigenvalue weighted by Gasteiger charge is 2.22. The van der Waals surface area contributed by atoms with E-state index in [4.69, 9.17) is 4.74 Å². The summed E-state index contributed by atoms with van der Waals surface area (Å²) < 4.78 is 5.92. The number of H-pyrrole nitrogens is 1. The predicted molar refractivity (Wildman–Crippen MR) is 102 cm³/mol. The Morgan fingerprint density at radius 2 is 1.92 bits per heavy atom. The second-order valence-electron chi connectivity index (χ2n) is 7.03. The Hall–Kier alpha value is -2.47. The van der Waals surface area contributed by atoms with Gasteiger partial charge in [0.25, 0.3) is 0 Å². The smallest absolute Gasteiger partial charge is 0.160 e. The Balaban J connectivity index is 1.19. The summed E-state index contributed by atoms with van der Waals surface area (Å²) in [5.74, 6) is 1.55. The van der Waals surface area contributed by atoms with Crippen molar-refractivity contribution in [3.8, 4) is 0 Å². The highest BCUT2D eigenvalue weighted by Crippen LogP contribution is 2.28. The van der Waals surface area contributed by atoms with Gasteiger partial charge in [0, 0.05) is 12.6 Å². The molecule has 0 saturated heterocycles. The molecule has 0 radical (unpaired) electrons. The van der Waals surface area contributed by atoms with E-state index >= 15 is 0 Å². The first-order valence-corrected chi connectivity index (χ1v) is 9.41. The minimum absolute atomic E-state index is 0.462. The molecule has 1 aliphatic rings. The van der Waals surface area contributed by atoms with Gasteiger partial charge in [-0.25, -0.2) is 9.97 Å². The third-order valence-electron chi connectivity index (χ3n) is 5.17. The third-order valence-corrected chi connectivity index (χ3v) is 5.17. The van der Waals surface area contributed by atoms with Gasteiger partial charge in [0.15, 0.2) is 5.65 Å². The summed E-state index contributed by atoms with van der Waals surface area (Å²) in [7, 11) is 0. The van der Waals surface area contributed by atoms with Crippen LogP contribution in [0.1, 0.15) is 31.2 Å². The molecular formula is C20H25N5O. The zero-order valence-electron chi connectivity index (χ0n) is 14.9. The number of hydrogen-bond donors (Lipinski definition) is 2. The molecule has 0 bridgehead atoms. The molecule has 2 heterocycles. The van der Waals surface area contributed by atoms with Crippen molar-refractivity contribution in [3.05, 3.63) is 48.4 Å². The molecule has 26 heavy (non-hydrogen) atoms. The first kappa shape index (κ1) is 17.0. The van der Waals surface area contributed by atoms with Crippen molar-refractivity contribution in [3.63, 3.8) is 0 Å². The SMILES string of the molecule is c1ccc(CCOC[C@H]2CC[C@H](Nc3ncnc4[nH]ncc34)CC2)cc1. The van der Waals surface area contributed by atoms with Gasteiger partial charge in [-0.3, -0.25) is 5.10 Å². The van der Waals surface area contributed by atoms with Crippen molar-refractivity contribution < 1.29 is 4.74 Å². The van der Waals surface area contributed by atoms with Gasteiger partial charge >= 0.3 is 0 Å². The summed E-state index contributed by atoms with van der Waals surface area (Å²) in [5, 5.41) is 11.5. The molecule has 6 nitrogen and oxygen atoms in total. The molecule has 3 aromatic rings. The quantitative estimate of drug-likeness (QED) is 0.636. The Morgan fingerprint density at radius 1 is 1.08 bits per heavy atom. The van der Waals surface area contributed by atoms with E-state index in [1.807, 2.05) is 0 Å². The number of anilines is 1. The van der Waals surface area contributed by atoms with Crippen LogP contribution in [0.4, 0.5) is 5.82 Å². The van der Waals surface area contributed by atoms with Crippen LogP contribution in [0.15, 0.2) is 42.9 Å². The molecule has 6 heteroatoms. The lowest BCUT2D eigenvalue weighted by molar-refractivity contribution is 0.0860. The van der Waals surface area contributed by atoms with Crippen molar-refractivity contribution >= 4 is 16.9 Å². The van der Waals surface area contributed by atoms with Crippen molar-refractivity contribution in [2.75, 3.05) is 18.5 Å². The van der Waals surface area contributed by atoms with Crippen LogP contribution in [0.2, 0.25) is 0 Å². The molecule has 1 fully saturated rings. The van der Waals surface area contributed by atoms with Gasteiger partial charge in [0.1, 0.15) is 12.1 Å². The maximum absolute atomic E-state index is 5.92. The summed E-state index contributed by atoms with van der Waals surface area (Å²) >= 11 is 0. The normalized spacial score (nSPS) is 20.3. The Morgan fingerprint density at radius 3 is 2.77 bits per heavy atom. The van der Waals surface area contributed by atoms with Crippen LogP contribution in [0, 0.1) is 5.92 Å². The molecule has 0 unspecified atom stereocenters. The lowest BCUT2D eigenvalue weighted by atomic mass is 9.86. The van der Waals surface area contributed by atoms with Crippen LogP contribution >= 0.6 is 0 Å². The monoisotopic (exact) mass is 351 g/mol. The fourth-order valence-corrected chi connectivity index (χ4v) is 3.63. The Kier molecular flexibility index (Phi) is 5.40. The van der Waals surface area contributed by atoms with Crippen molar-refractivity contribution in [1.82, 2.24) is 20.2 Å². The first-order chi connectivity index (χ1) is 12.9. The fraction of sp³-hybridized carbons (Fsp3) is 0.450. The van der Waals surface area contributed by atoms with Crippen LogP contribution in [-0.2, 0) is 11.2 Å². The molecule has 1 saturated carbocycles. The average molecular weight is 351 g/mol. The summed E-state index contributed by atoms with van der Waals surface area (Å²) in [6, 6.07) is 11.0. The second-order valence-corrected chi connectivity index (χ2v) is 7.03. The van der Waals surface area contributed by atoms with Crippen LogP contribution in [-0.4, -0.2) is 39.4 Å². The van der Waals surface area contributed by atoms with Gasteiger partial charge in [0.05, 0.1) is 18.2 Å². The second kappa shape index (κ2) is 8.27. The van der Waals surface area contributed by atoms with Gasteiger partial charge in [0.2, 0.25) is 0 Å². The van der Waals surface area contributed by atoms with Gasteiger partial charge in [-0.2, -0.15) is 5.10 Å². The minimum Gasteiger partial charge on any atom is -0.381 e. The Bertz CT molecular complexity index is 811. The molecule has 0 atom stereocenters. The summed E-state index contributed by atoms with van der Waals surface area (Å²) in [4.78, 5) is 8.56. The van der Waals surface area contributed by atoms with Gasteiger partial charge in [-0.15, -0.1) is 0 Å². The molecule has 0 spiro atoms. The maximum atomic E-state index is 5.92. The number of ether oxygens (including phenoxy) is 1. The molecular weight excluding hydrogens is 326 g/mol. The summed E-state index contributed by atoms with van der Waals surface area (Å²) in [6.07, 6.45) is 9.04. The zero-order chi connectivity index (χ0) is 17.6. The first-order valence-electron chi connectivity index (χ1n) is 9.41. The van der Waals surface area contributed by atoms with Gasteiger partial charge in [-0.05, 0) is 43.6 Å². The fourth-order valence-electron chi connectivity index (χ4n) is 3.63. The van der Waals surface area contributed by atoms with E-state index in [1.165, 1.54) is 18.4 Å². The van der Waals surface area contributed by atoms with Crippen molar-refractivity contribution in [2.24, 2.45) is 5.92 Å². The number of nitrogens with one attached hydrogen (secondary N) is 2. The highest BCUT2D eigenvalue weighted by atomic mass is 16.5. The molecule has 0 aliphatic heterocycles. The topological polar surface area (TPSA) is 75.7 Å². The van der Waals surface area contributed by atoms with E-state index < -0.39 is 0 Å². The Labute approximate surface area is 153 Å². The number of fused-ring (bicyclic) bond motifs is 1. The van der Waals surface area contributed by atoms with Crippen LogP contribution in [0.3, 0.4) is 0 Å². The van der Waals surface area contributed by atoms with E-state index in [-0.39, 0.29) is 0 Å². The number of nitrogens with zero attached hydrogens (tertiary/aromatic N) is 3. The average Bonchev–Trinajstić information content (AvgIpc) is 3.17. The van der Waals surface area contributed by atoms with Gasteiger partial charge < -0.3 is 10.1 Å². The van der Waals surface area contributed by atoms with E-state index in [1.54, 1.807) is 12.5 Å². The predicted octanol–water partition coefficient (Wildman–Crippen LogP) is 3.58. The third kappa shape index (κ3) is 4.19. The molecule has 1 aliphatic carbocycles. The van der Waals surface area contributed by atoms with Crippen molar-refractivity contribution in [1.29, 1.82) is 0 Å². The molecule has 4 rings (SSSR count). The van der Waals surface area contributed by atoms with Gasteiger partial charge in [-0.1, -0.05) is 30.3 Å². The lowest BCUT2D eigenvalue weighted by Gasteiger charge is -2.29. The standard InChI is InChI=1S/C20H25N5O/c1-2-4-15(5-3-1)10-11-26-13-16-6-8-17(9-7-16)24-19-18-12-23-25-20(18)22-14-21-19/h1-5,12,14,16-17H,6-11,13H2,(H2,21,22,23,24,25)/t16-,17-. The minimum atomic E-state index is 0.462. The number of benzene rings is 1. The summed E-state index contributed by atoms with van der Waals surface area (Å²) in [6.45, 7) is 1.68. The van der Waals surface area contributed by atoms with E-state index in [2.05, 4.69) is 55.8 Å². The molecule has 2 aromatic heterocycles. The largest absolute Gasteiger partial charge is 0.381 e. The molecule has 0 amide bonds. The van der Waals surface area contributed by atoms with E-state index in [0.29, 0.717) is 12.0 Å². The van der Waals surface area contributed by atoms with Crippen LogP contribution < -0.4 is 5.32 Å².